The van der Waals surface area contributed by atoms with E-state index in [1.807, 2.05) is 20.8 Å². The largest absolute Gasteiger partial charge is 0.481 e. The minimum absolute atomic E-state index is 0.272. The van der Waals surface area contributed by atoms with Gasteiger partial charge in [-0.2, -0.15) is 5.26 Å². The molecule has 0 radical (unpaired) electrons. The van der Waals surface area contributed by atoms with Crippen LogP contribution in [0.15, 0.2) is 0 Å². The lowest BCUT2D eigenvalue weighted by molar-refractivity contribution is -0.151. The molecule has 4 heteroatoms. The summed E-state index contributed by atoms with van der Waals surface area (Å²) in [4.78, 5) is 13.5. The van der Waals surface area contributed by atoms with Gasteiger partial charge < -0.3 is 10.0 Å². The van der Waals surface area contributed by atoms with Gasteiger partial charge in [-0.3, -0.25) is 4.79 Å². The summed E-state index contributed by atoms with van der Waals surface area (Å²) in [6, 6.07) is 2.30. The lowest BCUT2D eigenvalue weighted by Gasteiger charge is -2.37. The van der Waals surface area contributed by atoms with E-state index in [1.165, 1.54) is 0 Å². The first kappa shape index (κ1) is 15.0. The highest BCUT2D eigenvalue weighted by atomic mass is 16.4. The predicted molar refractivity (Wildman–Crippen MR) is 70.0 cm³/mol. The number of nitrogens with zero attached hydrogens (tertiary/aromatic N) is 2. The highest BCUT2D eigenvalue weighted by molar-refractivity contribution is 5.74. The minimum Gasteiger partial charge on any atom is -0.481 e. The Labute approximate surface area is 110 Å². The van der Waals surface area contributed by atoms with Gasteiger partial charge in [-0.15, -0.1) is 0 Å². The fraction of sp³-hybridized carbons (Fsp3) is 0.857. The van der Waals surface area contributed by atoms with E-state index < -0.39 is 11.4 Å². The van der Waals surface area contributed by atoms with Crippen molar-refractivity contribution in [3.8, 4) is 6.07 Å². The minimum atomic E-state index is -0.690. The van der Waals surface area contributed by atoms with Crippen molar-refractivity contribution < 1.29 is 9.90 Å². The van der Waals surface area contributed by atoms with Crippen LogP contribution in [0.3, 0.4) is 0 Å². The summed E-state index contributed by atoms with van der Waals surface area (Å²) in [5.74, 6) is -0.690. The topological polar surface area (TPSA) is 64.3 Å². The van der Waals surface area contributed by atoms with Crippen LogP contribution in [0.4, 0.5) is 0 Å². The van der Waals surface area contributed by atoms with E-state index in [-0.39, 0.29) is 5.41 Å². The van der Waals surface area contributed by atoms with Gasteiger partial charge in [0.15, 0.2) is 0 Å². The number of carboxylic acids is 1. The molecule has 102 valence electrons. The first-order valence-electron chi connectivity index (χ1n) is 6.66. The molecule has 1 rings (SSSR count). The van der Waals surface area contributed by atoms with Crippen LogP contribution in [0.5, 0.6) is 0 Å². The maximum atomic E-state index is 11.2. The van der Waals surface area contributed by atoms with E-state index >= 15 is 0 Å². The Hall–Kier alpha value is -1.08. The fourth-order valence-electron chi connectivity index (χ4n) is 2.51. The predicted octanol–water partition coefficient (Wildman–Crippen LogP) is 2.50. The highest BCUT2D eigenvalue weighted by Gasteiger charge is 2.37. The summed E-state index contributed by atoms with van der Waals surface area (Å²) < 4.78 is 0. The maximum Gasteiger partial charge on any atom is 0.310 e. The molecule has 18 heavy (non-hydrogen) atoms. The first-order chi connectivity index (χ1) is 8.29. The summed E-state index contributed by atoms with van der Waals surface area (Å²) >= 11 is 0. The highest BCUT2D eigenvalue weighted by Crippen LogP contribution is 2.30. The van der Waals surface area contributed by atoms with Gasteiger partial charge in [0.25, 0.3) is 0 Å². The lowest BCUT2D eigenvalue weighted by atomic mass is 9.82. The Balaban J connectivity index is 2.40. The average molecular weight is 252 g/mol. The summed E-state index contributed by atoms with van der Waals surface area (Å²) in [7, 11) is 0. The first-order valence-corrected chi connectivity index (χ1v) is 6.66. The Bertz CT molecular complexity index is 346. The maximum absolute atomic E-state index is 11.2. The molecule has 1 heterocycles. The number of carboxylic acid groups (broad SMARTS) is 1. The molecule has 0 aromatic heterocycles. The summed E-state index contributed by atoms with van der Waals surface area (Å²) in [6.45, 7) is 8.25. The van der Waals surface area contributed by atoms with E-state index in [2.05, 4.69) is 11.0 Å². The summed E-state index contributed by atoms with van der Waals surface area (Å²) in [5, 5.41) is 18.2. The zero-order chi connectivity index (χ0) is 13.8. The number of likely N-dealkylation sites (tertiary alicyclic amines) is 1. The molecule has 1 unspecified atom stereocenters. The van der Waals surface area contributed by atoms with Crippen molar-refractivity contribution in [2.75, 3.05) is 19.6 Å². The number of piperidine rings is 1. The van der Waals surface area contributed by atoms with Crippen LogP contribution in [0.1, 0.15) is 46.5 Å². The molecular weight excluding hydrogens is 228 g/mol. The number of nitriles is 1. The second-order valence-corrected chi connectivity index (χ2v) is 6.34. The summed E-state index contributed by atoms with van der Waals surface area (Å²) in [6.07, 6.45) is 3.53. The zero-order valence-electron chi connectivity index (χ0n) is 11.7. The molecule has 1 saturated heterocycles. The molecule has 1 aliphatic heterocycles. The molecule has 0 aromatic rings. The lowest BCUT2D eigenvalue weighted by Crippen LogP contribution is -2.46. The van der Waals surface area contributed by atoms with E-state index in [4.69, 9.17) is 5.26 Å². The van der Waals surface area contributed by atoms with Gasteiger partial charge in [-0.25, -0.2) is 0 Å². The van der Waals surface area contributed by atoms with Crippen LogP contribution in [-0.2, 0) is 4.79 Å². The van der Waals surface area contributed by atoms with Crippen molar-refractivity contribution in [2.24, 2.45) is 10.8 Å². The van der Waals surface area contributed by atoms with Crippen LogP contribution in [0, 0.1) is 22.2 Å². The van der Waals surface area contributed by atoms with Gasteiger partial charge in [0.1, 0.15) is 0 Å². The molecule has 0 spiro atoms. The van der Waals surface area contributed by atoms with Crippen LogP contribution in [0.2, 0.25) is 0 Å². The van der Waals surface area contributed by atoms with Gasteiger partial charge in [0, 0.05) is 6.54 Å². The van der Waals surface area contributed by atoms with Crippen molar-refractivity contribution in [2.45, 2.75) is 46.5 Å². The molecule has 1 atom stereocenters. The standard InChI is InChI=1S/C14H24N2O2/c1-13(2,10-15)6-4-8-16-9-5-7-14(3,11-16)12(17)18/h4-9,11H2,1-3H3,(H,17,18). The van der Waals surface area contributed by atoms with Gasteiger partial charge >= 0.3 is 5.97 Å². The van der Waals surface area contributed by atoms with Crippen molar-refractivity contribution in [1.29, 1.82) is 5.26 Å². The van der Waals surface area contributed by atoms with E-state index in [0.29, 0.717) is 6.54 Å². The average Bonchev–Trinajstić information content (AvgIpc) is 2.29. The summed E-state index contributed by atoms with van der Waals surface area (Å²) in [5.41, 5.74) is -0.866. The molecule has 1 N–H and O–H groups in total. The van der Waals surface area contributed by atoms with Crippen LogP contribution in [0.25, 0.3) is 0 Å². The van der Waals surface area contributed by atoms with Gasteiger partial charge in [0.05, 0.1) is 16.9 Å². The number of hydrogen-bond donors (Lipinski definition) is 1. The van der Waals surface area contributed by atoms with Crippen molar-refractivity contribution >= 4 is 5.97 Å². The molecule has 0 bridgehead atoms. The Kier molecular flexibility index (Phi) is 4.75. The quantitative estimate of drug-likeness (QED) is 0.816. The second kappa shape index (κ2) is 5.71. The van der Waals surface area contributed by atoms with E-state index in [0.717, 1.165) is 38.8 Å². The van der Waals surface area contributed by atoms with Crippen LogP contribution in [-0.4, -0.2) is 35.6 Å². The van der Waals surface area contributed by atoms with Gasteiger partial charge in [-0.1, -0.05) is 0 Å². The Morgan fingerprint density at radius 2 is 2.22 bits per heavy atom. The Morgan fingerprint density at radius 3 is 2.78 bits per heavy atom. The molecule has 0 aliphatic carbocycles. The fourth-order valence-corrected chi connectivity index (χ4v) is 2.51. The molecule has 4 nitrogen and oxygen atoms in total. The second-order valence-electron chi connectivity index (χ2n) is 6.34. The van der Waals surface area contributed by atoms with Crippen LogP contribution < -0.4 is 0 Å². The van der Waals surface area contributed by atoms with Crippen molar-refractivity contribution in [1.82, 2.24) is 4.90 Å². The van der Waals surface area contributed by atoms with Crippen molar-refractivity contribution in [3.05, 3.63) is 0 Å². The number of rotatable bonds is 5. The molecule has 1 fully saturated rings. The monoisotopic (exact) mass is 252 g/mol. The van der Waals surface area contributed by atoms with Crippen LogP contribution >= 0.6 is 0 Å². The third-order valence-electron chi connectivity index (χ3n) is 3.87. The normalized spacial score (nSPS) is 25.7. The molecule has 0 amide bonds. The number of carbonyl (C=O) groups is 1. The Morgan fingerprint density at radius 1 is 1.56 bits per heavy atom. The number of hydrogen-bond acceptors (Lipinski definition) is 3. The smallest absolute Gasteiger partial charge is 0.310 e. The SMILES string of the molecule is CC(C)(C#N)CCCN1CCCC(C)(C(=O)O)C1. The molecule has 0 aromatic carbocycles. The third kappa shape index (κ3) is 3.99. The molecular formula is C14H24N2O2. The third-order valence-corrected chi connectivity index (χ3v) is 3.87. The van der Waals surface area contributed by atoms with E-state index in [9.17, 15) is 9.90 Å². The van der Waals surface area contributed by atoms with Crippen molar-refractivity contribution in [3.63, 3.8) is 0 Å². The van der Waals surface area contributed by atoms with Gasteiger partial charge in [0.2, 0.25) is 0 Å². The molecule has 1 aliphatic rings. The molecule has 0 saturated carbocycles. The zero-order valence-corrected chi connectivity index (χ0v) is 11.7. The van der Waals surface area contributed by atoms with E-state index in [1.54, 1.807) is 0 Å². The number of aliphatic carboxylic acids is 1. The van der Waals surface area contributed by atoms with Gasteiger partial charge in [-0.05, 0) is 59.5 Å².